The number of benzene rings is 1. The standard InChI is InChI=1S/C42H55F2N9O10/c1-22(51(5)31(55)12-7-6-8-16-46-27-11-9-10-26-32(27)39(61)53(38(26)60)28-13-14-30(54)49-36(28)58)34(56)50-33(42(2,3)4)40(62)52-21-25(63-41(43)44)19-29(52)37(59)48-24(20-45)18-23-15-17-47-35(23)57/h9-11,22-25,28-29,33,41,46H,6-8,12-19,21H2,1-5H3,(H,47,57)(H,48,59)(H,50,56)(H,49,54,58)/t22-,23-,24-,25+,28?,29-,33+/m0/s1. The predicted octanol–water partition coefficient (Wildman–Crippen LogP) is 1.18. The van der Waals surface area contributed by atoms with Crippen molar-refractivity contribution in [3.05, 3.63) is 29.3 Å². The summed E-state index contributed by atoms with van der Waals surface area (Å²) >= 11 is 0. The highest BCUT2D eigenvalue weighted by Gasteiger charge is 2.48. The molecule has 4 heterocycles. The zero-order valence-corrected chi connectivity index (χ0v) is 36.0. The highest BCUT2D eigenvalue weighted by molar-refractivity contribution is 6.25. The SMILES string of the molecule is C[C@@H](C(=O)N[C@H](C(=O)N1C[C@H](OC(F)F)C[C@H]1C(=O)N[C@H](C#N)C[C@@H]1CCNC1=O)C(C)(C)C)N(C)C(=O)CCCCCNc1cccc2c1C(=O)N(C1CCC(=O)NC1=O)C2=O. The summed E-state index contributed by atoms with van der Waals surface area (Å²) in [5, 5.41) is 23.0. The Morgan fingerprint density at radius 2 is 1.75 bits per heavy atom. The van der Waals surface area contributed by atoms with Crippen molar-refractivity contribution in [2.75, 3.05) is 32.0 Å². The fourth-order valence-electron chi connectivity index (χ4n) is 8.21. The smallest absolute Gasteiger partial charge is 0.345 e. The van der Waals surface area contributed by atoms with Crippen LogP contribution in [0.4, 0.5) is 14.5 Å². The molecule has 0 bridgehead atoms. The maximum atomic E-state index is 14.2. The fourth-order valence-corrected chi connectivity index (χ4v) is 8.21. The number of ether oxygens (including phenoxy) is 1. The van der Waals surface area contributed by atoms with E-state index in [0.29, 0.717) is 44.5 Å². The van der Waals surface area contributed by atoms with Crippen LogP contribution in [0.5, 0.6) is 0 Å². The maximum absolute atomic E-state index is 14.2. The molecule has 342 valence electrons. The second-order valence-electron chi connectivity index (χ2n) is 17.4. The van der Waals surface area contributed by atoms with Crippen LogP contribution in [0.25, 0.3) is 0 Å². The van der Waals surface area contributed by atoms with Gasteiger partial charge in [-0.15, -0.1) is 0 Å². The molecule has 4 aliphatic heterocycles. The normalized spacial score (nSPS) is 22.5. The molecule has 1 aromatic rings. The number of carbonyl (C=O) groups excluding carboxylic acids is 9. The number of amides is 9. The summed E-state index contributed by atoms with van der Waals surface area (Å²) in [6, 6.07) is 0.865. The zero-order chi connectivity index (χ0) is 46.3. The zero-order valence-electron chi connectivity index (χ0n) is 36.0. The summed E-state index contributed by atoms with van der Waals surface area (Å²) in [6.07, 6.45) is 0.659. The number of nitriles is 1. The van der Waals surface area contributed by atoms with Crippen molar-refractivity contribution in [2.45, 2.75) is 128 Å². The molecule has 1 unspecified atom stereocenters. The number of nitrogens with one attached hydrogen (secondary N) is 5. The van der Waals surface area contributed by atoms with Crippen LogP contribution in [0.1, 0.15) is 106 Å². The highest BCUT2D eigenvalue weighted by Crippen LogP contribution is 2.33. The third-order valence-electron chi connectivity index (χ3n) is 11.9. The summed E-state index contributed by atoms with van der Waals surface area (Å²) in [7, 11) is 1.45. The van der Waals surface area contributed by atoms with Gasteiger partial charge in [-0.25, -0.2) is 0 Å². The van der Waals surface area contributed by atoms with E-state index in [1.807, 2.05) is 6.07 Å². The van der Waals surface area contributed by atoms with E-state index in [0.717, 1.165) is 9.80 Å². The lowest BCUT2D eigenvalue weighted by molar-refractivity contribution is -0.161. The number of piperidine rings is 1. The Morgan fingerprint density at radius 3 is 2.38 bits per heavy atom. The van der Waals surface area contributed by atoms with E-state index >= 15 is 0 Å². The second kappa shape index (κ2) is 20.4. The molecule has 7 atom stereocenters. The third kappa shape index (κ3) is 11.3. The van der Waals surface area contributed by atoms with Gasteiger partial charge < -0.3 is 35.8 Å². The number of imide groups is 2. The number of halogens is 2. The summed E-state index contributed by atoms with van der Waals surface area (Å²) in [5.41, 5.74) is -0.272. The van der Waals surface area contributed by atoms with Gasteiger partial charge in [0.2, 0.25) is 41.4 Å². The van der Waals surface area contributed by atoms with Crippen LogP contribution in [-0.2, 0) is 38.3 Å². The molecule has 63 heavy (non-hydrogen) atoms. The van der Waals surface area contributed by atoms with Crippen LogP contribution in [0.3, 0.4) is 0 Å². The van der Waals surface area contributed by atoms with Crippen LogP contribution in [0.2, 0.25) is 0 Å². The molecule has 0 spiro atoms. The number of hydrogen-bond donors (Lipinski definition) is 5. The monoisotopic (exact) mass is 883 g/mol. The number of hydrogen-bond acceptors (Lipinski definition) is 12. The molecule has 5 rings (SSSR count). The van der Waals surface area contributed by atoms with Gasteiger partial charge in [-0.05, 0) is 56.6 Å². The number of likely N-dealkylation sites (N-methyl/N-ethyl adjacent to an activating group) is 1. The van der Waals surface area contributed by atoms with Crippen molar-refractivity contribution in [1.82, 2.24) is 36.0 Å². The van der Waals surface area contributed by atoms with Gasteiger partial charge in [-0.2, -0.15) is 14.0 Å². The minimum atomic E-state index is -3.19. The molecule has 3 fully saturated rings. The lowest BCUT2D eigenvalue weighted by Crippen LogP contribution is -2.60. The van der Waals surface area contributed by atoms with Crippen LogP contribution in [-0.4, -0.2) is 137 Å². The van der Waals surface area contributed by atoms with E-state index in [-0.39, 0.29) is 55.0 Å². The molecular formula is C42H55F2N9O10. The minimum absolute atomic E-state index is 0.00396. The van der Waals surface area contributed by atoms with E-state index < -0.39 is 102 Å². The number of likely N-dealkylation sites (tertiary alicyclic amines) is 1. The van der Waals surface area contributed by atoms with Crippen molar-refractivity contribution >= 4 is 58.9 Å². The molecule has 5 N–H and O–H groups in total. The lowest BCUT2D eigenvalue weighted by atomic mass is 9.85. The van der Waals surface area contributed by atoms with Crippen LogP contribution in [0.15, 0.2) is 18.2 Å². The number of nitrogens with zero attached hydrogens (tertiary/aromatic N) is 4. The number of carbonyl (C=O) groups is 9. The van der Waals surface area contributed by atoms with Gasteiger partial charge in [0.15, 0.2) is 0 Å². The summed E-state index contributed by atoms with van der Waals surface area (Å²) in [4.78, 5) is 120. The molecule has 21 heteroatoms. The molecule has 0 aromatic heterocycles. The molecule has 9 amide bonds. The first kappa shape index (κ1) is 48.0. The molecule has 0 aliphatic carbocycles. The van der Waals surface area contributed by atoms with Crippen molar-refractivity contribution in [3.63, 3.8) is 0 Å². The van der Waals surface area contributed by atoms with Crippen molar-refractivity contribution in [2.24, 2.45) is 11.3 Å². The largest absolute Gasteiger partial charge is 0.384 e. The van der Waals surface area contributed by atoms with E-state index in [2.05, 4.69) is 31.3 Å². The van der Waals surface area contributed by atoms with Crippen molar-refractivity contribution in [3.8, 4) is 6.07 Å². The topological polar surface area (TPSA) is 257 Å². The average Bonchev–Trinajstić information content (AvgIpc) is 3.91. The van der Waals surface area contributed by atoms with Gasteiger partial charge in [-0.1, -0.05) is 33.3 Å². The molecular weight excluding hydrogens is 829 g/mol. The summed E-state index contributed by atoms with van der Waals surface area (Å²) in [5.74, 6) is -5.75. The Bertz CT molecular complexity index is 2040. The second-order valence-corrected chi connectivity index (χ2v) is 17.4. The maximum Gasteiger partial charge on any atom is 0.345 e. The Labute approximate surface area is 363 Å². The van der Waals surface area contributed by atoms with Gasteiger partial charge in [0.05, 0.1) is 23.3 Å². The summed E-state index contributed by atoms with van der Waals surface area (Å²) in [6.45, 7) is 3.71. The Hall–Kier alpha value is -6.04. The molecule has 0 radical (unpaired) electrons. The molecule has 3 saturated heterocycles. The predicted molar refractivity (Wildman–Crippen MR) is 218 cm³/mol. The van der Waals surface area contributed by atoms with Gasteiger partial charge in [0.1, 0.15) is 30.2 Å². The van der Waals surface area contributed by atoms with Crippen LogP contribution >= 0.6 is 0 Å². The highest BCUT2D eigenvalue weighted by atomic mass is 19.3. The number of fused-ring (bicyclic) bond motifs is 1. The molecule has 19 nitrogen and oxygen atoms in total. The number of anilines is 1. The average molecular weight is 884 g/mol. The van der Waals surface area contributed by atoms with E-state index in [1.165, 1.54) is 24.9 Å². The summed E-state index contributed by atoms with van der Waals surface area (Å²) < 4.78 is 31.3. The Morgan fingerprint density at radius 1 is 1.02 bits per heavy atom. The minimum Gasteiger partial charge on any atom is -0.384 e. The fraction of sp³-hybridized carbons (Fsp3) is 0.619. The van der Waals surface area contributed by atoms with Crippen molar-refractivity contribution < 1.29 is 56.7 Å². The number of unbranched alkanes of at least 4 members (excludes halogenated alkanes) is 2. The van der Waals surface area contributed by atoms with Crippen molar-refractivity contribution in [1.29, 1.82) is 5.26 Å². The van der Waals surface area contributed by atoms with E-state index in [1.54, 1.807) is 32.9 Å². The van der Waals surface area contributed by atoms with E-state index in [4.69, 9.17) is 0 Å². The number of rotatable bonds is 18. The van der Waals surface area contributed by atoms with Crippen LogP contribution in [0, 0.1) is 22.7 Å². The molecule has 0 saturated carbocycles. The quantitative estimate of drug-likeness (QED) is 0.103. The third-order valence-corrected chi connectivity index (χ3v) is 11.9. The first-order valence-electron chi connectivity index (χ1n) is 21.1. The van der Waals surface area contributed by atoms with E-state index in [9.17, 15) is 57.2 Å². The lowest BCUT2D eigenvalue weighted by Gasteiger charge is -2.36. The Balaban J connectivity index is 1.13. The molecule has 1 aromatic carbocycles. The number of alkyl halides is 2. The van der Waals surface area contributed by atoms with Gasteiger partial charge in [0.25, 0.3) is 11.8 Å². The van der Waals surface area contributed by atoms with Gasteiger partial charge >= 0.3 is 6.61 Å². The molecule has 4 aliphatic rings. The Kier molecular flexibility index (Phi) is 15.6. The van der Waals surface area contributed by atoms with Gasteiger partial charge in [-0.3, -0.25) is 53.4 Å². The van der Waals surface area contributed by atoms with Crippen LogP contribution < -0.4 is 26.6 Å². The first-order chi connectivity index (χ1) is 29.7. The van der Waals surface area contributed by atoms with Gasteiger partial charge in [0, 0.05) is 57.5 Å². The first-order valence-corrected chi connectivity index (χ1v) is 21.1.